The Balaban J connectivity index is 1.75. The van der Waals surface area contributed by atoms with Crippen LogP contribution in [0.25, 0.3) is 16.2 Å². The minimum Gasteiger partial charge on any atom is -0.346 e. The van der Waals surface area contributed by atoms with E-state index in [0.717, 1.165) is 17.3 Å². The van der Waals surface area contributed by atoms with Crippen molar-refractivity contribution in [3.63, 3.8) is 0 Å². The van der Waals surface area contributed by atoms with Gasteiger partial charge in [-0.25, -0.2) is 9.50 Å². The van der Waals surface area contributed by atoms with Crippen LogP contribution in [0.1, 0.15) is 27.4 Å². The van der Waals surface area contributed by atoms with Crippen LogP contribution < -0.4 is 5.32 Å². The van der Waals surface area contributed by atoms with Crippen LogP contribution in [0.2, 0.25) is 5.02 Å². The third-order valence-electron chi connectivity index (χ3n) is 4.59. The van der Waals surface area contributed by atoms with Gasteiger partial charge in [0.05, 0.1) is 16.8 Å². The molecule has 0 saturated heterocycles. The molecule has 0 aromatic carbocycles. The SMILES string of the molecule is Cc1c(CNC(=O)c2nn3c(C(F)(F)F)cc(-c4cccs4)nc3c2Cl)cnn1C. The van der Waals surface area contributed by atoms with Crippen LogP contribution >= 0.6 is 22.9 Å². The molecule has 0 radical (unpaired) electrons. The van der Waals surface area contributed by atoms with Crippen molar-refractivity contribution in [2.45, 2.75) is 19.6 Å². The van der Waals surface area contributed by atoms with Gasteiger partial charge in [-0.2, -0.15) is 23.4 Å². The van der Waals surface area contributed by atoms with E-state index < -0.39 is 17.8 Å². The zero-order chi connectivity index (χ0) is 21.6. The number of alkyl halides is 3. The summed E-state index contributed by atoms with van der Waals surface area (Å²) in [5.41, 5.74) is 0.0690. The van der Waals surface area contributed by atoms with Crippen molar-refractivity contribution in [2.24, 2.45) is 7.05 Å². The summed E-state index contributed by atoms with van der Waals surface area (Å²) < 4.78 is 43.2. The molecule has 4 aromatic rings. The van der Waals surface area contributed by atoms with Gasteiger partial charge < -0.3 is 5.32 Å². The number of rotatable bonds is 4. The lowest BCUT2D eigenvalue weighted by Crippen LogP contribution is -2.24. The molecule has 0 unspecified atom stereocenters. The number of carbonyl (C=O) groups excluding carboxylic acids is 1. The number of aryl methyl sites for hydroxylation is 1. The molecule has 0 bridgehead atoms. The van der Waals surface area contributed by atoms with Gasteiger partial charge in [0.15, 0.2) is 17.0 Å². The van der Waals surface area contributed by atoms with E-state index in [4.69, 9.17) is 11.6 Å². The molecule has 4 rings (SSSR count). The molecule has 0 fully saturated rings. The van der Waals surface area contributed by atoms with Gasteiger partial charge in [-0.1, -0.05) is 17.7 Å². The molecular formula is C18H14ClF3N6OS. The molecule has 0 saturated carbocycles. The van der Waals surface area contributed by atoms with Crippen molar-refractivity contribution < 1.29 is 18.0 Å². The number of halogens is 4. The number of nitrogens with one attached hydrogen (secondary N) is 1. The topological polar surface area (TPSA) is 77.1 Å². The van der Waals surface area contributed by atoms with E-state index in [-0.39, 0.29) is 28.6 Å². The smallest absolute Gasteiger partial charge is 0.346 e. The highest BCUT2D eigenvalue weighted by molar-refractivity contribution is 7.13. The van der Waals surface area contributed by atoms with E-state index in [2.05, 4.69) is 20.5 Å². The Labute approximate surface area is 177 Å². The average molecular weight is 455 g/mol. The van der Waals surface area contributed by atoms with E-state index in [9.17, 15) is 18.0 Å². The second-order valence-electron chi connectivity index (χ2n) is 6.46. The highest BCUT2D eigenvalue weighted by Gasteiger charge is 2.36. The summed E-state index contributed by atoms with van der Waals surface area (Å²) in [4.78, 5) is 17.4. The van der Waals surface area contributed by atoms with Gasteiger partial charge in [0.2, 0.25) is 0 Å². The fourth-order valence-electron chi connectivity index (χ4n) is 2.87. The first kappa shape index (κ1) is 20.4. The summed E-state index contributed by atoms with van der Waals surface area (Å²) >= 11 is 7.48. The Kier molecular flexibility index (Phi) is 5.02. The number of nitrogens with zero attached hydrogens (tertiary/aromatic N) is 5. The molecule has 0 aliphatic rings. The molecule has 7 nitrogen and oxygen atoms in total. The third kappa shape index (κ3) is 3.54. The summed E-state index contributed by atoms with van der Waals surface area (Å²) in [5.74, 6) is -0.709. The highest BCUT2D eigenvalue weighted by atomic mass is 35.5. The summed E-state index contributed by atoms with van der Waals surface area (Å²) in [5, 5.41) is 12.0. The molecule has 0 aliphatic heterocycles. The third-order valence-corrected chi connectivity index (χ3v) is 5.83. The minimum atomic E-state index is -4.72. The number of fused-ring (bicyclic) bond motifs is 1. The van der Waals surface area contributed by atoms with E-state index >= 15 is 0 Å². The second-order valence-corrected chi connectivity index (χ2v) is 7.79. The predicted molar refractivity (Wildman–Crippen MR) is 105 cm³/mol. The Morgan fingerprint density at radius 3 is 2.73 bits per heavy atom. The molecule has 0 atom stereocenters. The van der Waals surface area contributed by atoms with Gasteiger partial charge in [-0.15, -0.1) is 11.3 Å². The summed E-state index contributed by atoms with van der Waals surface area (Å²) in [6.45, 7) is 1.96. The first-order chi connectivity index (χ1) is 14.2. The van der Waals surface area contributed by atoms with Gasteiger partial charge in [0, 0.05) is 24.8 Å². The Hall–Kier alpha value is -2.92. The second kappa shape index (κ2) is 7.40. The monoisotopic (exact) mass is 454 g/mol. The van der Waals surface area contributed by atoms with Crippen LogP contribution in [-0.2, 0) is 19.8 Å². The summed E-state index contributed by atoms with van der Waals surface area (Å²) in [6.07, 6.45) is -3.12. The zero-order valence-corrected chi connectivity index (χ0v) is 17.2. The van der Waals surface area contributed by atoms with Gasteiger partial charge >= 0.3 is 6.18 Å². The van der Waals surface area contributed by atoms with Crippen LogP contribution in [0.4, 0.5) is 13.2 Å². The number of hydrogen-bond donors (Lipinski definition) is 1. The Bertz CT molecular complexity index is 1250. The molecular weight excluding hydrogens is 441 g/mol. The van der Waals surface area contributed by atoms with Crippen molar-refractivity contribution in [1.82, 2.24) is 29.7 Å². The summed E-state index contributed by atoms with van der Waals surface area (Å²) in [7, 11) is 1.76. The lowest BCUT2D eigenvalue weighted by atomic mass is 10.2. The van der Waals surface area contributed by atoms with Crippen molar-refractivity contribution in [3.05, 3.63) is 57.4 Å². The van der Waals surface area contributed by atoms with Crippen molar-refractivity contribution in [1.29, 1.82) is 0 Å². The summed E-state index contributed by atoms with van der Waals surface area (Å²) in [6, 6.07) is 4.25. The Morgan fingerprint density at radius 2 is 2.13 bits per heavy atom. The standard InChI is InChI=1S/C18H14ClF3N6OS/c1-9-10(8-24-27(9)2)7-23-17(29)15-14(19)16-25-11(12-4-3-5-30-12)6-13(18(20,21)22)28(16)26-15/h3-6,8H,7H2,1-2H3,(H,23,29). The quantitative estimate of drug-likeness (QED) is 0.503. The molecule has 4 aromatic heterocycles. The van der Waals surface area contributed by atoms with Crippen LogP contribution in [0.3, 0.4) is 0 Å². The van der Waals surface area contributed by atoms with E-state index in [0.29, 0.717) is 9.39 Å². The lowest BCUT2D eigenvalue weighted by Gasteiger charge is -2.10. The maximum absolute atomic E-state index is 13.7. The van der Waals surface area contributed by atoms with Crippen LogP contribution in [0.15, 0.2) is 29.8 Å². The number of carbonyl (C=O) groups is 1. The first-order valence-electron chi connectivity index (χ1n) is 8.63. The molecule has 156 valence electrons. The largest absolute Gasteiger partial charge is 0.433 e. The lowest BCUT2D eigenvalue weighted by molar-refractivity contribution is -0.142. The average Bonchev–Trinajstić information content (AvgIpc) is 3.41. The number of hydrogen-bond acceptors (Lipinski definition) is 5. The van der Waals surface area contributed by atoms with Gasteiger partial charge in [-0.05, 0) is 24.4 Å². The van der Waals surface area contributed by atoms with E-state index in [1.807, 2.05) is 6.92 Å². The van der Waals surface area contributed by atoms with Crippen LogP contribution in [0.5, 0.6) is 0 Å². The Morgan fingerprint density at radius 1 is 1.37 bits per heavy atom. The number of thiophene rings is 1. The van der Waals surface area contributed by atoms with Gasteiger partial charge in [0.1, 0.15) is 5.02 Å². The van der Waals surface area contributed by atoms with Crippen LogP contribution in [-0.4, -0.2) is 30.3 Å². The predicted octanol–water partition coefficient (Wildman–Crippen LogP) is 4.10. The van der Waals surface area contributed by atoms with E-state index in [1.165, 1.54) is 11.3 Å². The molecule has 12 heteroatoms. The first-order valence-corrected chi connectivity index (χ1v) is 9.88. The van der Waals surface area contributed by atoms with Crippen LogP contribution in [0, 0.1) is 6.92 Å². The fraction of sp³-hybridized carbons (Fsp3) is 0.222. The molecule has 0 spiro atoms. The molecule has 0 aliphatic carbocycles. The maximum Gasteiger partial charge on any atom is 0.433 e. The van der Waals surface area contributed by atoms with Gasteiger partial charge in [-0.3, -0.25) is 9.48 Å². The highest BCUT2D eigenvalue weighted by Crippen LogP contribution is 2.35. The number of amides is 1. The zero-order valence-electron chi connectivity index (χ0n) is 15.7. The van der Waals surface area contributed by atoms with Gasteiger partial charge in [0.25, 0.3) is 5.91 Å². The molecule has 1 amide bonds. The molecule has 4 heterocycles. The normalized spacial score (nSPS) is 11.9. The van der Waals surface area contributed by atoms with E-state index in [1.54, 1.807) is 35.4 Å². The van der Waals surface area contributed by atoms with Crippen molar-refractivity contribution in [2.75, 3.05) is 0 Å². The molecule has 1 N–H and O–H groups in total. The van der Waals surface area contributed by atoms with Crippen molar-refractivity contribution >= 4 is 34.5 Å². The number of aromatic nitrogens is 5. The molecule has 30 heavy (non-hydrogen) atoms. The minimum absolute atomic E-state index is 0.101. The maximum atomic E-state index is 13.7. The van der Waals surface area contributed by atoms with Crippen molar-refractivity contribution in [3.8, 4) is 10.6 Å². The fourth-order valence-corrected chi connectivity index (χ4v) is 3.80.